The fraction of sp³-hybridized carbons (Fsp3) is 0.0455. The molecule has 1 heterocycles. The summed E-state index contributed by atoms with van der Waals surface area (Å²) in [4.78, 5) is 4.16. The van der Waals surface area contributed by atoms with Crippen molar-refractivity contribution < 1.29 is 17.2 Å². The molecule has 28 heavy (non-hydrogen) atoms. The van der Waals surface area contributed by atoms with Crippen LogP contribution in [0.5, 0.6) is 0 Å². The zero-order chi connectivity index (χ0) is 19.5. The van der Waals surface area contributed by atoms with Crippen molar-refractivity contribution in [2.45, 2.75) is 5.75 Å². The van der Waals surface area contributed by atoms with Crippen molar-refractivity contribution in [2.24, 2.45) is 0 Å². The van der Waals surface area contributed by atoms with E-state index in [1.54, 1.807) is 30.5 Å². The van der Waals surface area contributed by atoms with E-state index in [4.69, 9.17) is 4.42 Å². The molecule has 1 radical (unpaired) electrons. The first-order chi connectivity index (χ1) is 13.6. The molecule has 0 bridgehead atoms. The largest absolute Gasteiger partial charge is 0.445 e. The summed E-state index contributed by atoms with van der Waals surface area (Å²) in [6.45, 7) is 0. The molecule has 0 aliphatic heterocycles. The zero-order valence-electron chi connectivity index (χ0n) is 14.6. The van der Waals surface area contributed by atoms with Crippen LogP contribution < -0.4 is 0 Å². The van der Waals surface area contributed by atoms with E-state index in [-0.39, 0.29) is 11.6 Å². The molecule has 0 atom stereocenters. The van der Waals surface area contributed by atoms with Gasteiger partial charge in [0, 0.05) is 5.56 Å². The Balaban J connectivity index is 1.82. The van der Waals surface area contributed by atoms with E-state index in [9.17, 15) is 12.8 Å². The van der Waals surface area contributed by atoms with Crippen molar-refractivity contribution in [2.75, 3.05) is 0 Å². The molecule has 0 fully saturated rings. The van der Waals surface area contributed by atoms with Crippen molar-refractivity contribution in [3.05, 3.63) is 90.6 Å². The van der Waals surface area contributed by atoms with Gasteiger partial charge in [-0.05, 0) is 58.1 Å². The molecule has 0 saturated heterocycles. The summed E-state index contributed by atoms with van der Waals surface area (Å²) in [5.74, 6) is 0.150. The molecule has 0 aliphatic rings. The van der Waals surface area contributed by atoms with Gasteiger partial charge in [-0.3, -0.25) is 0 Å². The van der Waals surface area contributed by atoms with E-state index in [0.29, 0.717) is 11.5 Å². The van der Waals surface area contributed by atoms with Gasteiger partial charge in [-0.25, -0.2) is 17.8 Å². The van der Waals surface area contributed by atoms with E-state index < -0.39 is 10.7 Å². The van der Waals surface area contributed by atoms with E-state index in [1.165, 1.54) is 18.4 Å². The fourth-order valence-electron chi connectivity index (χ4n) is 3.02. The SMILES string of the molecule is O=[SH](=O)Cc1ccc(-c2c[c]c(-c3ncco3)cc2-c2ccc(F)cc2)cc1. The summed E-state index contributed by atoms with van der Waals surface area (Å²) >= 11 is 0. The fourth-order valence-corrected chi connectivity index (χ4v) is 3.53. The molecule has 0 unspecified atom stereocenters. The molecule has 0 amide bonds. The Kier molecular flexibility index (Phi) is 5.04. The minimum absolute atomic E-state index is 0.00958. The highest BCUT2D eigenvalue weighted by atomic mass is 32.2. The summed E-state index contributed by atoms with van der Waals surface area (Å²) in [5, 5.41) is 0. The van der Waals surface area contributed by atoms with Crippen molar-refractivity contribution >= 4 is 10.7 Å². The van der Waals surface area contributed by atoms with E-state index in [1.807, 2.05) is 24.3 Å². The number of nitrogens with zero attached hydrogens (tertiary/aromatic N) is 1. The van der Waals surface area contributed by atoms with Gasteiger partial charge >= 0.3 is 0 Å². The minimum atomic E-state index is -2.47. The van der Waals surface area contributed by atoms with Crippen molar-refractivity contribution in [1.29, 1.82) is 0 Å². The van der Waals surface area contributed by atoms with Gasteiger partial charge in [0.25, 0.3) is 0 Å². The number of halogens is 1. The predicted octanol–water partition coefficient (Wildman–Crippen LogP) is 4.73. The second-order valence-corrected chi connectivity index (χ2v) is 7.19. The van der Waals surface area contributed by atoms with Crippen LogP contribution in [0.4, 0.5) is 4.39 Å². The number of hydrogen-bond donors (Lipinski definition) is 1. The van der Waals surface area contributed by atoms with Gasteiger partial charge in [0.05, 0.1) is 11.9 Å². The first-order valence-electron chi connectivity index (χ1n) is 8.53. The summed E-state index contributed by atoms with van der Waals surface area (Å²) in [6, 6.07) is 20.5. The molecule has 4 nitrogen and oxygen atoms in total. The molecule has 1 aromatic heterocycles. The minimum Gasteiger partial charge on any atom is -0.445 e. The van der Waals surface area contributed by atoms with E-state index >= 15 is 0 Å². The Bertz CT molecular complexity index is 1160. The molecule has 6 heteroatoms. The summed E-state index contributed by atoms with van der Waals surface area (Å²) < 4.78 is 40.6. The molecule has 4 aromatic rings. The highest BCUT2D eigenvalue weighted by Crippen LogP contribution is 2.35. The highest BCUT2D eigenvalue weighted by molar-refractivity contribution is 7.71. The lowest BCUT2D eigenvalue weighted by molar-refractivity contribution is 0.574. The van der Waals surface area contributed by atoms with E-state index in [0.717, 1.165) is 27.8 Å². The monoisotopic (exact) mass is 392 g/mol. The topological polar surface area (TPSA) is 60.2 Å². The molecular formula is C22H15FNO3S. The Hall–Kier alpha value is -3.25. The van der Waals surface area contributed by atoms with Crippen molar-refractivity contribution in [1.82, 2.24) is 4.98 Å². The lowest BCUT2D eigenvalue weighted by atomic mass is 9.92. The lowest BCUT2D eigenvalue weighted by Crippen LogP contribution is -1.90. The third-order valence-corrected chi connectivity index (χ3v) is 4.97. The highest BCUT2D eigenvalue weighted by Gasteiger charge is 2.12. The average Bonchev–Trinajstić information content (AvgIpc) is 3.23. The zero-order valence-corrected chi connectivity index (χ0v) is 15.5. The van der Waals surface area contributed by atoms with Gasteiger partial charge < -0.3 is 4.42 Å². The van der Waals surface area contributed by atoms with Gasteiger partial charge in [0.15, 0.2) is 0 Å². The predicted molar refractivity (Wildman–Crippen MR) is 106 cm³/mol. The number of aromatic nitrogens is 1. The molecule has 3 aromatic carbocycles. The third kappa shape index (κ3) is 3.87. The number of rotatable bonds is 5. The van der Waals surface area contributed by atoms with Crippen LogP contribution >= 0.6 is 0 Å². The van der Waals surface area contributed by atoms with Gasteiger partial charge in [-0.1, -0.05) is 36.4 Å². The van der Waals surface area contributed by atoms with Crippen LogP contribution in [0.2, 0.25) is 0 Å². The normalized spacial score (nSPS) is 11.1. The van der Waals surface area contributed by atoms with Crippen LogP contribution in [0.1, 0.15) is 5.56 Å². The van der Waals surface area contributed by atoms with Gasteiger partial charge in [-0.2, -0.15) is 0 Å². The Morgan fingerprint density at radius 2 is 1.64 bits per heavy atom. The van der Waals surface area contributed by atoms with Gasteiger partial charge in [-0.15, -0.1) is 0 Å². The van der Waals surface area contributed by atoms with Gasteiger partial charge in [0.2, 0.25) is 5.89 Å². The maximum absolute atomic E-state index is 13.4. The molecule has 0 aliphatic carbocycles. The summed E-state index contributed by atoms with van der Waals surface area (Å²) in [6.07, 6.45) is 3.06. The van der Waals surface area contributed by atoms with Crippen LogP contribution in [-0.2, 0) is 16.5 Å². The van der Waals surface area contributed by atoms with Gasteiger partial charge in [0.1, 0.15) is 22.8 Å². The average molecular weight is 392 g/mol. The quantitative estimate of drug-likeness (QED) is 0.499. The van der Waals surface area contributed by atoms with Crippen LogP contribution in [0.15, 0.2) is 77.5 Å². The first-order valence-corrected chi connectivity index (χ1v) is 9.89. The summed E-state index contributed by atoms with van der Waals surface area (Å²) in [5.41, 5.74) is 4.91. The van der Waals surface area contributed by atoms with Crippen LogP contribution in [0.3, 0.4) is 0 Å². The Morgan fingerprint density at radius 1 is 0.964 bits per heavy atom. The van der Waals surface area contributed by atoms with Crippen LogP contribution in [0, 0.1) is 11.9 Å². The van der Waals surface area contributed by atoms with Crippen LogP contribution in [-0.4, -0.2) is 13.4 Å². The maximum Gasteiger partial charge on any atom is 0.226 e. The second-order valence-electron chi connectivity index (χ2n) is 6.21. The molecule has 4 rings (SSSR count). The standard InChI is InChI=1S/C22H15FNO3S/c23-19-8-5-17(6-9-19)21-13-18(22-24-11-12-27-22)7-10-20(21)16-3-1-15(2-4-16)14-28(25)26/h1-6,8-13,28H,14H2. The smallest absolute Gasteiger partial charge is 0.226 e. The second kappa shape index (κ2) is 7.78. The number of benzene rings is 3. The molecule has 0 saturated carbocycles. The first kappa shape index (κ1) is 18.1. The summed E-state index contributed by atoms with van der Waals surface area (Å²) in [7, 11) is -2.47. The number of oxazole rings is 1. The molecule has 0 N–H and O–H groups in total. The van der Waals surface area contributed by atoms with Crippen LogP contribution in [0.25, 0.3) is 33.7 Å². The van der Waals surface area contributed by atoms with Crippen molar-refractivity contribution in [3.63, 3.8) is 0 Å². The molecule has 139 valence electrons. The molecular weight excluding hydrogens is 377 g/mol. The van der Waals surface area contributed by atoms with E-state index in [2.05, 4.69) is 11.1 Å². The Labute approximate surface area is 163 Å². The number of thiol groups is 1. The maximum atomic E-state index is 13.4. The van der Waals surface area contributed by atoms with Crippen molar-refractivity contribution in [3.8, 4) is 33.7 Å². The number of hydrogen-bond acceptors (Lipinski definition) is 4. The lowest BCUT2D eigenvalue weighted by Gasteiger charge is -2.12. The third-order valence-electron chi connectivity index (χ3n) is 4.35. The Morgan fingerprint density at radius 3 is 2.29 bits per heavy atom. The molecule has 0 spiro atoms.